The first-order valence-corrected chi connectivity index (χ1v) is 32.5. The average Bonchev–Trinajstić information content (AvgIpc) is 1.65. The van der Waals surface area contributed by atoms with Crippen molar-refractivity contribution in [3.63, 3.8) is 0 Å². The number of allylic oxidation sites excluding steroid dienone is 1. The quantitative estimate of drug-likeness (QED) is 0.0360. The van der Waals surface area contributed by atoms with Gasteiger partial charge in [-0.3, -0.25) is 37.9 Å². The summed E-state index contributed by atoms with van der Waals surface area (Å²) in [6.07, 6.45) is 14.1. The first-order chi connectivity index (χ1) is 45.3. The number of benzene rings is 2. The van der Waals surface area contributed by atoms with Gasteiger partial charge in [0.05, 0.1) is 109 Å². The molecule has 93 heavy (non-hydrogen) atoms. The number of nitrogens with one attached hydrogen (secondary N) is 1. The molecule has 1 saturated heterocycles. The third-order valence-corrected chi connectivity index (χ3v) is 17.2. The summed E-state index contributed by atoms with van der Waals surface area (Å²) >= 11 is 0. The zero-order valence-corrected chi connectivity index (χ0v) is 54.6. The summed E-state index contributed by atoms with van der Waals surface area (Å²) in [6, 6.07) is 14.3. The number of rotatable bonds is 33. The first-order valence-electron chi connectivity index (χ1n) is 32.5. The van der Waals surface area contributed by atoms with Crippen LogP contribution in [0.15, 0.2) is 70.5 Å². The average molecular weight is 1280 g/mol. The Morgan fingerprint density at radius 1 is 0.763 bits per heavy atom. The molecule has 0 spiro atoms. The number of fused-ring (bicyclic) bond motifs is 3. The third kappa shape index (κ3) is 17.5. The highest BCUT2D eigenvalue weighted by molar-refractivity contribution is 6.10. The summed E-state index contributed by atoms with van der Waals surface area (Å²) in [6.45, 7) is 15.3. The maximum atomic E-state index is 14.2. The molecule has 1 saturated carbocycles. The highest BCUT2D eigenvalue weighted by atomic mass is 16.6. The van der Waals surface area contributed by atoms with Crippen LogP contribution in [0.5, 0.6) is 11.5 Å². The summed E-state index contributed by atoms with van der Waals surface area (Å²) in [5.74, 6) is 7.75. The number of nitrogens with zero attached hydrogens (tertiary/aromatic N) is 11. The standard InChI is InChI=1S/C69H88N12O12/c1-7-8-27-80-64-65(76(6)69(86)81(67(64)85)47-61-71-50(4)54-15-9-10-16-56(54)73-61)74-68(80)77-26-13-14-52(46-77)72-62(82)24-31-87-33-35-89-37-39-91-41-42-92-40-38-90-36-34-88-32-30-75(5)63(83)22-19-51-43-49(3)60(44-48(51)2)93-59-23-25-70-45-55(59)66(84)79-29-28-78(53-20-21-53)57-17-11-12-18-58(57)79/h10-12,16-18,23,25,43-45,52-53H,9,13-15,19-22,24,26-42,46-47H2,1-6H3,(H,72,82)/t52-/m1/s1. The molecule has 2 aliphatic heterocycles. The molecule has 1 N–H and O–H groups in total. The molecule has 0 unspecified atom stereocenters. The SMILES string of the molecule is CC#CCn1c(N2CCC[C@@H](NC(=O)CCOCCOCCOCCOCCOCCOCCN(C)C(=O)CCc3cc(C)c(Oc4ccncc4C(=O)N4CCN(C5CC5)c5ccccc54)cc3C)C2)nc2c1c(=O)n(Cc1nc(C)c3c(n1)C=CCC3)c(=O)n2C. The van der Waals surface area contributed by atoms with E-state index in [-0.39, 0.29) is 61.0 Å². The predicted molar refractivity (Wildman–Crippen MR) is 353 cm³/mol. The van der Waals surface area contributed by atoms with Gasteiger partial charge < -0.3 is 58.1 Å². The van der Waals surface area contributed by atoms with Crippen molar-refractivity contribution in [2.75, 3.05) is 134 Å². The number of carbonyl (C=O) groups is 3. The number of hydrogen-bond donors (Lipinski definition) is 1. The maximum Gasteiger partial charge on any atom is 0.332 e. The van der Waals surface area contributed by atoms with Gasteiger partial charge in [-0.25, -0.2) is 14.8 Å². The molecule has 6 heterocycles. The van der Waals surface area contributed by atoms with E-state index in [1.54, 1.807) is 48.9 Å². The van der Waals surface area contributed by atoms with Crippen molar-refractivity contribution in [3.8, 4) is 23.3 Å². The minimum atomic E-state index is -0.516. The lowest BCUT2D eigenvalue weighted by atomic mass is 10.00. The van der Waals surface area contributed by atoms with Gasteiger partial charge in [-0.15, -0.1) is 5.92 Å². The highest BCUT2D eigenvalue weighted by Gasteiger charge is 2.37. The summed E-state index contributed by atoms with van der Waals surface area (Å²) in [5, 5.41) is 3.14. The number of carbonyl (C=O) groups excluding carboxylic acids is 3. The summed E-state index contributed by atoms with van der Waals surface area (Å²) in [5.41, 5.74) is 7.62. The number of anilines is 3. The maximum absolute atomic E-state index is 14.2. The van der Waals surface area contributed by atoms with E-state index in [1.807, 2.05) is 60.9 Å². The number of piperidine rings is 1. The van der Waals surface area contributed by atoms with Gasteiger partial charge in [0.15, 0.2) is 11.2 Å². The van der Waals surface area contributed by atoms with Crippen LogP contribution >= 0.6 is 0 Å². The van der Waals surface area contributed by atoms with Gasteiger partial charge in [-0.1, -0.05) is 30.2 Å². The lowest BCUT2D eigenvalue weighted by Gasteiger charge is -2.38. The normalized spacial score (nSPS) is 15.2. The Kier molecular flexibility index (Phi) is 24.0. The minimum Gasteiger partial charge on any atom is -0.456 e. The van der Waals surface area contributed by atoms with Crippen LogP contribution < -0.4 is 36.0 Å². The fourth-order valence-electron chi connectivity index (χ4n) is 12.0. The summed E-state index contributed by atoms with van der Waals surface area (Å²) < 4.78 is 44.7. The second-order valence-electron chi connectivity index (χ2n) is 23.8. The van der Waals surface area contributed by atoms with Gasteiger partial charge >= 0.3 is 5.69 Å². The molecule has 2 aromatic carbocycles. The topological polar surface area (TPSA) is 241 Å². The molecule has 1 atom stereocenters. The number of aryl methyl sites for hydroxylation is 5. The molecule has 4 aromatic heterocycles. The second kappa shape index (κ2) is 33.0. The highest BCUT2D eigenvalue weighted by Crippen LogP contribution is 2.41. The fraction of sp³-hybridized carbons (Fsp3) is 0.522. The van der Waals surface area contributed by atoms with Crippen LogP contribution in [0.2, 0.25) is 0 Å². The van der Waals surface area contributed by atoms with E-state index in [2.05, 4.69) is 50.2 Å². The Morgan fingerprint density at radius 2 is 1.46 bits per heavy atom. The molecule has 3 amide bonds. The van der Waals surface area contributed by atoms with Gasteiger partial charge in [0.25, 0.3) is 11.5 Å². The van der Waals surface area contributed by atoms with E-state index < -0.39 is 11.2 Å². The molecule has 0 bridgehead atoms. The van der Waals surface area contributed by atoms with Crippen molar-refractivity contribution >= 4 is 52.3 Å². The van der Waals surface area contributed by atoms with E-state index in [0.29, 0.717) is 147 Å². The lowest BCUT2D eigenvalue weighted by molar-refractivity contribution is -0.130. The number of pyridine rings is 1. The molecule has 2 aliphatic carbocycles. The predicted octanol–water partition coefficient (Wildman–Crippen LogP) is 6.13. The van der Waals surface area contributed by atoms with E-state index in [9.17, 15) is 24.0 Å². The molecule has 24 nitrogen and oxygen atoms in total. The van der Waals surface area contributed by atoms with Crippen molar-refractivity contribution in [3.05, 3.63) is 127 Å². The Morgan fingerprint density at radius 3 is 2.17 bits per heavy atom. The third-order valence-electron chi connectivity index (χ3n) is 17.2. The monoisotopic (exact) mass is 1280 g/mol. The number of amides is 3. The Balaban J connectivity index is 0.533. The number of hydrogen-bond acceptors (Lipinski definition) is 18. The molecule has 4 aliphatic rings. The number of para-hydroxylation sites is 2. The van der Waals surface area contributed by atoms with Gasteiger partial charge in [0.1, 0.15) is 22.9 Å². The zero-order valence-electron chi connectivity index (χ0n) is 54.6. The number of imidazole rings is 1. The van der Waals surface area contributed by atoms with E-state index in [0.717, 1.165) is 77.2 Å². The first kappa shape index (κ1) is 67.6. The minimum absolute atomic E-state index is 0.0267. The molecule has 24 heteroatoms. The largest absolute Gasteiger partial charge is 0.456 e. The fourth-order valence-corrected chi connectivity index (χ4v) is 12.0. The van der Waals surface area contributed by atoms with Crippen molar-refractivity contribution in [1.29, 1.82) is 0 Å². The van der Waals surface area contributed by atoms with Gasteiger partial charge in [-0.05, 0) is 125 Å². The van der Waals surface area contributed by atoms with Crippen LogP contribution in [0.1, 0.15) is 102 Å². The molecule has 496 valence electrons. The van der Waals surface area contributed by atoms with Crippen molar-refractivity contribution in [2.24, 2.45) is 7.05 Å². The molecule has 2 fully saturated rings. The van der Waals surface area contributed by atoms with Gasteiger partial charge in [-0.2, -0.15) is 4.98 Å². The Hall–Kier alpha value is -8.31. The van der Waals surface area contributed by atoms with Crippen molar-refractivity contribution in [1.82, 2.24) is 43.9 Å². The zero-order chi connectivity index (χ0) is 65.2. The summed E-state index contributed by atoms with van der Waals surface area (Å²) in [7, 11) is 3.39. The van der Waals surface area contributed by atoms with Crippen molar-refractivity contribution in [2.45, 2.75) is 111 Å². The Labute approximate surface area is 543 Å². The summed E-state index contributed by atoms with van der Waals surface area (Å²) in [4.78, 5) is 94.8. The number of aromatic nitrogens is 7. The van der Waals surface area contributed by atoms with Gasteiger partial charge in [0.2, 0.25) is 17.8 Å². The van der Waals surface area contributed by atoms with E-state index in [4.69, 9.17) is 43.1 Å². The van der Waals surface area contributed by atoms with Crippen LogP contribution in [-0.4, -0.2) is 187 Å². The van der Waals surface area contributed by atoms with Crippen LogP contribution in [0.4, 0.5) is 17.3 Å². The molecule has 10 rings (SSSR count). The van der Waals surface area contributed by atoms with E-state index >= 15 is 0 Å². The van der Waals surface area contributed by atoms with Crippen LogP contribution in [-0.2, 0) is 71.0 Å². The second-order valence-corrected chi connectivity index (χ2v) is 23.8. The van der Waals surface area contributed by atoms with E-state index in [1.165, 1.54) is 22.0 Å². The molecular weight excluding hydrogens is 1190 g/mol. The van der Waals surface area contributed by atoms with Crippen molar-refractivity contribution < 1.29 is 47.5 Å². The van der Waals surface area contributed by atoms with Crippen LogP contribution in [0.25, 0.3) is 17.2 Å². The number of likely N-dealkylation sites (N-methyl/N-ethyl adjacent to an activating group) is 1. The Bertz CT molecular complexity index is 3810. The van der Waals surface area contributed by atoms with Crippen LogP contribution in [0.3, 0.4) is 0 Å². The van der Waals surface area contributed by atoms with Gasteiger partial charge in [0, 0.05) is 89.8 Å². The van der Waals surface area contributed by atoms with Crippen LogP contribution in [0, 0.1) is 32.6 Å². The smallest absolute Gasteiger partial charge is 0.332 e. The lowest BCUT2D eigenvalue weighted by Crippen LogP contribution is -2.48. The molecule has 6 aromatic rings. The molecular formula is C69H88N12O12. The number of ether oxygens (including phenoxy) is 7. The molecule has 0 radical (unpaired) electrons.